The lowest BCUT2D eigenvalue weighted by Gasteiger charge is -2.37. The second kappa shape index (κ2) is 4.70. The third-order valence-electron chi connectivity index (χ3n) is 2.47. The van der Waals surface area contributed by atoms with Crippen LogP contribution in [-0.4, -0.2) is 46.2 Å². The Balaban J connectivity index is 2.85. The van der Waals surface area contributed by atoms with E-state index in [0.717, 1.165) is 0 Å². The van der Waals surface area contributed by atoms with Crippen molar-refractivity contribution in [3.8, 4) is 0 Å². The highest BCUT2D eigenvalue weighted by Crippen LogP contribution is 2.31. The average molecular weight is 265 g/mol. The van der Waals surface area contributed by atoms with Gasteiger partial charge >= 0.3 is 12.1 Å². The predicted octanol–water partition coefficient (Wildman–Crippen LogP) is 2.11. The lowest BCUT2D eigenvalue weighted by molar-refractivity contribution is -0.151. The van der Waals surface area contributed by atoms with E-state index >= 15 is 0 Å². The number of hydrogen-bond acceptors (Lipinski definition) is 3. The van der Waals surface area contributed by atoms with Crippen LogP contribution >= 0.6 is 0 Å². The molecule has 1 fully saturated rings. The average Bonchev–Trinajstić information content (AvgIpc) is 2.12. The molecule has 104 valence electrons. The minimum absolute atomic E-state index is 0.276. The number of aliphatic carboxylic acids is 1. The van der Waals surface area contributed by atoms with Crippen molar-refractivity contribution in [1.82, 2.24) is 4.90 Å². The highest BCUT2D eigenvalue weighted by Gasteiger charge is 2.46. The molecule has 0 aromatic carbocycles. The smallest absolute Gasteiger partial charge is 0.411 e. The molecule has 0 aromatic heterocycles. The zero-order valence-corrected chi connectivity index (χ0v) is 10.6. The van der Waals surface area contributed by atoms with Gasteiger partial charge in [0.25, 0.3) is 5.92 Å². The van der Waals surface area contributed by atoms with Gasteiger partial charge in [-0.1, -0.05) is 0 Å². The van der Waals surface area contributed by atoms with Crippen molar-refractivity contribution in [1.29, 1.82) is 0 Å². The number of likely N-dealkylation sites (tertiary alicyclic amines) is 1. The first-order valence-corrected chi connectivity index (χ1v) is 5.62. The summed E-state index contributed by atoms with van der Waals surface area (Å²) in [5.41, 5.74) is -0.854. The van der Waals surface area contributed by atoms with E-state index in [4.69, 9.17) is 9.84 Å². The largest absolute Gasteiger partial charge is 0.480 e. The summed E-state index contributed by atoms with van der Waals surface area (Å²) in [7, 11) is 0. The Hall–Kier alpha value is -1.40. The van der Waals surface area contributed by atoms with Crippen molar-refractivity contribution in [2.45, 2.75) is 51.2 Å². The third kappa shape index (κ3) is 3.82. The van der Waals surface area contributed by atoms with Crippen LogP contribution < -0.4 is 0 Å². The van der Waals surface area contributed by atoms with Crippen LogP contribution in [0.2, 0.25) is 0 Å². The first-order chi connectivity index (χ1) is 8.02. The van der Waals surface area contributed by atoms with E-state index in [1.54, 1.807) is 20.8 Å². The molecule has 1 rings (SSSR count). The summed E-state index contributed by atoms with van der Waals surface area (Å²) in [6.45, 7) is 3.84. The lowest BCUT2D eigenvalue weighted by atomic mass is 10.00. The first-order valence-electron chi connectivity index (χ1n) is 5.62. The van der Waals surface area contributed by atoms with Gasteiger partial charge < -0.3 is 9.84 Å². The van der Waals surface area contributed by atoms with Gasteiger partial charge in [-0.2, -0.15) is 0 Å². The molecule has 0 bridgehead atoms. The molecule has 0 unspecified atom stereocenters. The van der Waals surface area contributed by atoms with Gasteiger partial charge in [-0.25, -0.2) is 18.4 Å². The van der Waals surface area contributed by atoms with E-state index < -0.39 is 42.6 Å². The number of piperidine rings is 1. The van der Waals surface area contributed by atoms with Crippen molar-refractivity contribution < 1.29 is 28.2 Å². The normalized spacial score (nSPS) is 23.6. The maximum Gasteiger partial charge on any atom is 0.411 e. The molecule has 18 heavy (non-hydrogen) atoms. The van der Waals surface area contributed by atoms with E-state index in [1.165, 1.54) is 0 Å². The van der Waals surface area contributed by atoms with Crippen molar-refractivity contribution in [3.63, 3.8) is 0 Å². The fourth-order valence-electron chi connectivity index (χ4n) is 1.71. The van der Waals surface area contributed by atoms with Crippen molar-refractivity contribution in [3.05, 3.63) is 0 Å². The SMILES string of the molecule is CC(C)(C)OC(=O)N1CC(F)(F)CC[C@@H]1C(=O)O. The van der Waals surface area contributed by atoms with E-state index in [0.29, 0.717) is 4.90 Å². The number of ether oxygens (including phenoxy) is 1. The van der Waals surface area contributed by atoms with Crippen molar-refractivity contribution in [2.24, 2.45) is 0 Å². The summed E-state index contributed by atoms with van der Waals surface area (Å²) < 4.78 is 31.4. The molecule has 0 aromatic rings. The quantitative estimate of drug-likeness (QED) is 0.788. The number of halogens is 2. The number of carboxylic acids is 1. The number of carbonyl (C=O) groups is 2. The standard InChI is InChI=1S/C11H17F2NO4/c1-10(2,3)18-9(17)14-6-11(12,13)5-4-7(14)8(15)16/h7H,4-6H2,1-3H3,(H,15,16)/t7-/m1/s1. The molecule has 7 heteroatoms. The summed E-state index contributed by atoms with van der Waals surface area (Å²) in [6.07, 6.45) is -1.83. The minimum Gasteiger partial charge on any atom is -0.480 e. The Morgan fingerprint density at radius 3 is 2.39 bits per heavy atom. The van der Waals surface area contributed by atoms with Crippen molar-refractivity contribution >= 4 is 12.1 Å². The highest BCUT2D eigenvalue weighted by molar-refractivity contribution is 5.80. The Kier molecular flexibility index (Phi) is 3.83. The molecule has 5 nitrogen and oxygen atoms in total. The number of amides is 1. The van der Waals surface area contributed by atoms with Crippen LogP contribution in [0.15, 0.2) is 0 Å². The van der Waals surface area contributed by atoms with Gasteiger partial charge in [-0.05, 0) is 27.2 Å². The second-order valence-electron chi connectivity index (χ2n) is 5.36. The van der Waals surface area contributed by atoms with Crippen LogP contribution in [0.3, 0.4) is 0 Å². The molecule has 0 aliphatic carbocycles. The Morgan fingerprint density at radius 2 is 1.94 bits per heavy atom. The topological polar surface area (TPSA) is 66.8 Å². The Labute approximate surface area is 104 Å². The van der Waals surface area contributed by atoms with Gasteiger partial charge in [-0.15, -0.1) is 0 Å². The number of alkyl halides is 2. The van der Waals surface area contributed by atoms with Crippen LogP contribution in [0.4, 0.5) is 13.6 Å². The van der Waals surface area contributed by atoms with Crippen LogP contribution in [-0.2, 0) is 9.53 Å². The summed E-state index contributed by atoms with van der Waals surface area (Å²) in [4.78, 5) is 23.3. The molecular weight excluding hydrogens is 248 g/mol. The summed E-state index contributed by atoms with van der Waals surface area (Å²) in [6, 6.07) is -1.25. The number of nitrogens with zero attached hydrogens (tertiary/aromatic N) is 1. The summed E-state index contributed by atoms with van der Waals surface area (Å²) in [5.74, 6) is -4.36. The molecule has 0 saturated carbocycles. The molecule has 0 radical (unpaired) electrons. The van der Waals surface area contributed by atoms with E-state index in [9.17, 15) is 18.4 Å². The van der Waals surface area contributed by atoms with Gasteiger partial charge in [0.2, 0.25) is 0 Å². The Bertz CT molecular complexity index is 351. The zero-order chi connectivity index (χ0) is 14.1. The van der Waals surface area contributed by atoms with E-state index in [-0.39, 0.29) is 6.42 Å². The van der Waals surface area contributed by atoms with Crippen molar-refractivity contribution in [2.75, 3.05) is 6.54 Å². The Morgan fingerprint density at radius 1 is 1.39 bits per heavy atom. The monoisotopic (exact) mass is 265 g/mol. The molecule has 0 spiro atoms. The van der Waals surface area contributed by atoms with Gasteiger partial charge in [0.1, 0.15) is 11.6 Å². The molecule has 1 saturated heterocycles. The molecule has 1 heterocycles. The molecule has 1 amide bonds. The summed E-state index contributed by atoms with van der Waals surface area (Å²) in [5, 5.41) is 8.93. The van der Waals surface area contributed by atoms with Gasteiger partial charge in [0, 0.05) is 6.42 Å². The fourth-order valence-corrected chi connectivity index (χ4v) is 1.71. The second-order valence-corrected chi connectivity index (χ2v) is 5.36. The molecule has 1 aliphatic rings. The minimum atomic E-state index is -3.07. The van der Waals surface area contributed by atoms with Gasteiger partial charge in [0.15, 0.2) is 0 Å². The maximum absolute atomic E-state index is 13.2. The van der Waals surface area contributed by atoms with Crippen LogP contribution in [0.25, 0.3) is 0 Å². The van der Waals surface area contributed by atoms with Crippen LogP contribution in [0, 0.1) is 0 Å². The van der Waals surface area contributed by atoms with E-state index in [1.807, 2.05) is 0 Å². The number of hydrogen-bond donors (Lipinski definition) is 1. The van der Waals surface area contributed by atoms with Gasteiger partial charge in [0.05, 0.1) is 6.54 Å². The van der Waals surface area contributed by atoms with Crippen LogP contribution in [0.1, 0.15) is 33.6 Å². The number of rotatable bonds is 1. The number of carbonyl (C=O) groups excluding carboxylic acids is 1. The van der Waals surface area contributed by atoms with Gasteiger partial charge in [-0.3, -0.25) is 4.90 Å². The van der Waals surface area contributed by atoms with E-state index in [2.05, 4.69) is 0 Å². The fraction of sp³-hybridized carbons (Fsp3) is 0.818. The molecular formula is C11H17F2NO4. The third-order valence-corrected chi connectivity index (χ3v) is 2.47. The van der Waals surface area contributed by atoms with Crippen LogP contribution in [0.5, 0.6) is 0 Å². The lowest BCUT2D eigenvalue weighted by Crippen LogP contribution is -2.55. The zero-order valence-electron chi connectivity index (χ0n) is 10.6. The first kappa shape index (κ1) is 14.7. The molecule has 1 aliphatic heterocycles. The predicted molar refractivity (Wildman–Crippen MR) is 58.5 cm³/mol. The molecule has 1 N–H and O–H groups in total. The highest BCUT2D eigenvalue weighted by atomic mass is 19.3. The summed E-state index contributed by atoms with van der Waals surface area (Å²) >= 11 is 0. The maximum atomic E-state index is 13.2. The number of carboxylic acid groups (broad SMARTS) is 1. The molecule has 1 atom stereocenters.